The fourth-order valence-electron chi connectivity index (χ4n) is 3.32. The highest BCUT2D eigenvalue weighted by Gasteiger charge is 2.18. The number of benzene rings is 1. The molecule has 0 unspecified atom stereocenters. The Morgan fingerprint density at radius 1 is 1.17 bits per heavy atom. The molecule has 0 radical (unpaired) electrons. The van der Waals surface area contributed by atoms with Gasteiger partial charge in [-0.3, -0.25) is 4.79 Å². The molecule has 126 valence electrons. The summed E-state index contributed by atoms with van der Waals surface area (Å²) in [5.41, 5.74) is 1.96. The van der Waals surface area contributed by atoms with Crippen molar-refractivity contribution in [3.63, 3.8) is 0 Å². The zero-order valence-corrected chi connectivity index (χ0v) is 16.0. The minimum atomic E-state index is 0.103. The maximum absolute atomic E-state index is 12.3. The Labute approximate surface area is 153 Å². The van der Waals surface area contributed by atoms with Crippen LogP contribution >= 0.6 is 34.4 Å². The van der Waals surface area contributed by atoms with E-state index in [-0.39, 0.29) is 5.91 Å². The van der Waals surface area contributed by atoms with Crippen LogP contribution in [0.5, 0.6) is 0 Å². The van der Waals surface area contributed by atoms with E-state index in [1.807, 2.05) is 18.4 Å². The summed E-state index contributed by atoms with van der Waals surface area (Å²) < 4.78 is 3.36. The molecule has 1 aromatic carbocycles. The van der Waals surface area contributed by atoms with E-state index in [1.165, 1.54) is 36.8 Å². The highest BCUT2D eigenvalue weighted by atomic mass is 32.2. The van der Waals surface area contributed by atoms with E-state index in [2.05, 4.69) is 15.3 Å². The van der Waals surface area contributed by atoms with Crippen molar-refractivity contribution >= 4 is 65.9 Å². The van der Waals surface area contributed by atoms with Crippen molar-refractivity contribution in [2.75, 3.05) is 11.6 Å². The average molecular weight is 378 g/mol. The Kier molecular flexibility index (Phi) is 4.74. The number of fused-ring (bicyclic) bond motifs is 3. The molecule has 3 aromatic rings. The van der Waals surface area contributed by atoms with Gasteiger partial charge < -0.3 is 5.32 Å². The van der Waals surface area contributed by atoms with Crippen LogP contribution in [0.2, 0.25) is 0 Å². The maximum atomic E-state index is 12.3. The first-order chi connectivity index (χ1) is 11.7. The second kappa shape index (κ2) is 6.98. The molecule has 24 heavy (non-hydrogen) atoms. The molecule has 4 nitrogen and oxygen atoms in total. The van der Waals surface area contributed by atoms with Gasteiger partial charge in [0.15, 0.2) is 9.47 Å². The van der Waals surface area contributed by atoms with Crippen molar-refractivity contribution in [3.05, 3.63) is 12.1 Å². The Balaban J connectivity index is 1.54. The number of rotatable bonds is 4. The van der Waals surface area contributed by atoms with Crippen LogP contribution in [0, 0.1) is 5.92 Å². The lowest BCUT2D eigenvalue weighted by atomic mass is 9.87. The summed E-state index contributed by atoms with van der Waals surface area (Å²) in [5, 5.41) is 3.72. The molecule has 1 amide bonds. The fourth-order valence-corrected chi connectivity index (χ4v) is 5.99. The summed E-state index contributed by atoms with van der Waals surface area (Å²) in [6.07, 6.45) is 8.89. The lowest BCUT2D eigenvalue weighted by molar-refractivity contribution is -0.117. The number of thiazole rings is 2. The minimum absolute atomic E-state index is 0.103. The zero-order valence-electron chi connectivity index (χ0n) is 13.5. The van der Waals surface area contributed by atoms with Crippen LogP contribution in [0.25, 0.3) is 20.4 Å². The van der Waals surface area contributed by atoms with Gasteiger partial charge in [0.05, 0.1) is 20.4 Å². The van der Waals surface area contributed by atoms with Crippen molar-refractivity contribution < 1.29 is 4.79 Å². The van der Waals surface area contributed by atoms with Crippen molar-refractivity contribution in [1.82, 2.24) is 9.97 Å². The number of nitrogens with zero attached hydrogens (tertiary/aromatic N) is 2. The first-order valence-corrected chi connectivity index (χ1v) is 11.1. The Morgan fingerprint density at radius 3 is 2.62 bits per heavy atom. The monoisotopic (exact) mass is 377 g/mol. The van der Waals surface area contributed by atoms with Crippen molar-refractivity contribution in [1.29, 1.82) is 0 Å². The molecule has 1 N–H and O–H groups in total. The predicted octanol–water partition coefficient (Wildman–Crippen LogP) is 5.54. The fraction of sp³-hybridized carbons (Fsp3) is 0.471. The van der Waals surface area contributed by atoms with Gasteiger partial charge in [-0.15, -0.1) is 11.3 Å². The van der Waals surface area contributed by atoms with Gasteiger partial charge in [0.25, 0.3) is 0 Å². The molecule has 1 fully saturated rings. The van der Waals surface area contributed by atoms with E-state index in [9.17, 15) is 4.79 Å². The molecule has 7 heteroatoms. The molecular weight excluding hydrogens is 358 g/mol. The molecule has 1 saturated carbocycles. The number of carbonyl (C=O) groups is 1. The standard InChI is InChI=1S/C17H19N3OS3/c1-22-17-19-12-8-7-11-14(15(12)24-17)23-16(18-11)20-13(21)9-10-5-3-2-4-6-10/h7-8,10H,2-6,9H2,1H3,(H,18,20,21). The van der Waals surface area contributed by atoms with E-state index in [4.69, 9.17) is 0 Å². The number of thioether (sulfide) groups is 1. The van der Waals surface area contributed by atoms with Gasteiger partial charge in [0.1, 0.15) is 0 Å². The van der Waals surface area contributed by atoms with E-state index in [0.29, 0.717) is 17.5 Å². The van der Waals surface area contributed by atoms with E-state index >= 15 is 0 Å². The van der Waals surface area contributed by atoms with Gasteiger partial charge in [0, 0.05) is 6.42 Å². The van der Waals surface area contributed by atoms with Gasteiger partial charge in [-0.2, -0.15) is 0 Å². The second-order valence-electron chi connectivity index (χ2n) is 6.22. The zero-order chi connectivity index (χ0) is 16.5. The topological polar surface area (TPSA) is 54.9 Å². The van der Waals surface area contributed by atoms with Gasteiger partial charge in [-0.1, -0.05) is 42.4 Å². The van der Waals surface area contributed by atoms with Gasteiger partial charge in [0.2, 0.25) is 5.91 Å². The first kappa shape index (κ1) is 16.3. The van der Waals surface area contributed by atoms with E-state index in [1.54, 1.807) is 34.4 Å². The summed E-state index contributed by atoms with van der Waals surface area (Å²) in [7, 11) is 0. The molecule has 0 spiro atoms. The van der Waals surface area contributed by atoms with Crippen LogP contribution in [-0.4, -0.2) is 22.1 Å². The van der Waals surface area contributed by atoms with Crippen molar-refractivity contribution in [2.45, 2.75) is 42.9 Å². The smallest absolute Gasteiger partial charge is 0.226 e. The SMILES string of the molecule is CSc1nc2ccc3nc(NC(=O)CC4CCCCC4)sc3c2s1. The third-order valence-electron chi connectivity index (χ3n) is 4.51. The third kappa shape index (κ3) is 3.30. The quantitative estimate of drug-likeness (QED) is 0.607. The van der Waals surface area contributed by atoms with E-state index in [0.717, 1.165) is 20.1 Å². The van der Waals surface area contributed by atoms with Crippen LogP contribution in [0.3, 0.4) is 0 Å². The van der Waals surface area contributed by atoms with Gasteiger partial charge in [-0.25, -0.2) is 9.97 Å². The highest BCUT2D eigenvalue weighted by Crippen LogP contribution is 2.38. The molecule has 0 atom stereocenters. The van der Waals surface area contributed by atoms with Crippen molar-refractivity contribution in [2.24, 2.45) is 5.92 Å². The van der Waals surface area contributed by atoms with Crippen LogP contribution in [0.1, 0.15) is 38.5 Å². The van der Waals surface area contributed by atoms with Crippen molar-refractivity contribution in [3.8, 4) is 0 Å². The van der Waals surface area contributed by atoms with Gasteiger partial charge >= 0.3 is 0 Å². The van der Waals surface area contributed by atoms with Gasteiger partial charge in [-0.05, 0) is 37.1 Å². The number of anilines is 1. The van der Waals surface area contributed by atoms with Crippen LogP contribution in [-0.2, 0) is 4.79 Å². The second-order valence-corrected chi connectivity index (χ2v) is 9.27. The molecular formula is C17H19N3OS3. The molecule has 0 saturated heterocycles. The normalized spacial score (nSPS) is 16.0. The molecule has 1 aliphatic carbocycles. The molecule has 2 heterocycles. The largest absolute Gasteiger partial charge is 0.302 e. The number of hydrogen-bond acceptors (Lipinski definition) is 6. The Morgan fingerprint density at radius 2 is 1.88 bits per heavy atom. The first-order valence-electron chi connectivity index (χ1n) is 8.27. The highest BCUT2D eigenvalue weighted by molar-refractivity contribution is 8.00. The number of nitrogens with one attached hydrogen (secondary N) is 1. The summed E-state index contributed by atoms with van der Waals surface area (Å²) in [5.74, 6) is 0.650. The Hall–Kier alpha value is -1.18. The lowest BCUT2D eigenvalue weighted by Crippen LogP contribution is -2.18. The minimum Gasteiger partial charge on any atom is -0.302 e. The summed E-state index contributed by atoms with van der Waals surface area (Å²) in [6, 6.07) is 4.01. The lowest BCUT2D eigenvalue weighted by Gasteiger charge is -2.20. The maximum Gasteiger partial charge on any atom is 0.226 e. The molecule has 0 aliphatic heterocycles. The third-order valence-corrected chi connectivity index (χ3v) is 7.72. The van der Waals surface area contributed by atoms with E-state index < -0.39 is 0 Å². The number of hydrogen-bond donors (Lipinski definition) is 1. The van der Waals surface area contributed by atoms with Crippen LogP contribution in [0.4, 0.5) is 5.13 Å². The molecule has 0 bridgehead atoms. The van der Waals surface area contributed by atoms with Crippen LogP contribution in [0.15, 0.2) is 16.5 Å². The average Bonchev–Trinajstić information content (AvgIpc) is 3.18. The van der Waals surface area contributed by atoms with Crippen LogP contribution < -0.4 is 5.32 Å². The Bertz CT molecular complexity index is 880. The summed E-state index contributed by atoms with van der Waals surface area (Å²) >= 11 is 4.92. The number of aromatic nitrogens is 2. The predicted molar refractivity (Wildman–Crippen MR) is 104 cm³/mol. The summed E-state index contributed by atoms with van der Waals surface area (Å²) in [6.45, 7) is 0. The number of amides is 1. The molecule has 4 rings (SSSR count). The summed E-state index contributed by atoms with van der Waals surface area (Å²) in [4.78, 5) is 21.5. The molecule has 1 aliphatic rings. The number of carbonyl (C=O) groups excluding carboxylic acids is 1. The molecule has 2 aromatic heterocycles.